The van der Waals surface area contributed by atoms with Crippen LogP contribution in [0, 0.1) is 0 Å². The van der Waals surface area contributed by atoms with Crippen LogP contribution in [0.25, 0.3) is 0 Å². The Hall–Kier alpha value is -0.143. The third-order valence-electron chi connectivity index (χ3n) is 3.07. The van der Waals surface area contributed by atoms with Crippen molar-refractivity contribution in [3.8, 4) is 0 Å². The molecule has 0 aliphatic heterocycles. The maximum absolute atomic E-state index is 5.83. The molecule has 9 nitrogen and oxygen atoms in total. The molecule has 26 heavy (non-hydrogen) atoms. The van der Waals surface area contributed by atoms with Crippen LogP contribution in [0.15, 0.2) is 0 Å². The van der Waals surface area contributed by atoms with Gasteiger partial charge in [0.05, 0.1) is 79.3 Å². The van der Waals surface area contributed by atoms with E-state index in [-0.39, 0.29) is 0 Å². The van der Waals surface area contributed by atoms with Gasteiger partial charge in [-0.15, -0.1) is 0 Å². The average molecular weight is 401 g/mol. The van der Waals surface area contributed by atoms with Crippen molar-refractivity contribution in [1.29, 1.82) is 0 Å². The van der Waals surface area contributed by atoms with Gasteiger partial charge in [0.2, 0.25) is 0 Å². The highest BCUT2D eigenvalue weighted by Gasteiger charge is 2.34. The molecule has 0 bridgehead atoms. The lowest BCUT2D eigenvalue weighted by Gasteiger charge is -2.26. The standard InChI is InChI=1S/C16H36O9Si/c1-17-5-8-20-11-14-23-26(4,24-15-12-21-9-6-18-2)25-16-13-22-10-7-19-3/h5-16H2,1-4H3. The first-order valence-corrected chi connectivity index (χ1v) is 11.0. The first kappa shape index (κ1) is 25.9. The number of hydrogen-bond donors (Lipinski definition) is 0. The minimum Gasteiger partial charge on any atom is -0.382 e. The zero-order valence-electron chi connectivity index (χ0n) is 16.7. The molecular formula is C16H36O9Si. The third kappa shape index (κ3) is 17.3. The van der Waals surface area contributed by atoms with Crippen molar-refractivity contribution in [3.05, 3.63) is 0 Å². The second kappa shape index (κ2) is 19.6. The summed E-state index contributed by atoms with van der Waals surface area (Å²) in [5.41, 5.74) is 0. The molecular weight excluding hydrogens is 364 g/mol. The summed E-state index contributed by atoms with van der Waals surface area (Å²) >= 11 is 0. The van der Waals surface area contributed by atoms with Crippen molar-refractivity contribution in [2.45, 2.75) is 6.55 Å². The Morgan fingerprint density at radius 2 is 0.692 bits per heavy atom. The van der Waals surface area contributed by atoms with E-state index in [1.165, 1.54) is 0 Å². The monoisotopic (exact) mass is 400 g/mol. The second-order valence-corrected chi connectivity index (χ2v) is 7.81. The predicted octanol–water partition coefficient (Wildman–Crippen LogP) is 0.594. The summed E-state index contributed by atoms with van der Waals surface area (Å²) in [7, 11) is 2.11. The number of methoxy groups -OCH3 is 3. The molecule has 0 N–H and O–H groups in total. The van der Waals surface area contributed by atoms with E-state index in [1.54, 1.807) is 21.3 Å². The highest BCUT2D eigenvalue weighted by Crippen LogP contribution is 2.09. The van der Waals surface area contributed by atoms with Gasteiger partial charge in [-0.2, -0.15) is 0 Å². The molecule has 0 spiro atoms. The Morgan fingerprint density at radius 3 is 0.962 bits per heavy atom. The van der Waals surface area contributed by atoms with Crippen molar-refractivity contribution in [2.24, 2.45) is 0 Å². The lowest BCUT2D eigenvalue weighted by atomic mass is 10.7. The zero-order chi connectivity index (χ0) is 19.3. The van der Waals surface area contributed by atoms with Gasteiger partial charge in [-0.25, -0.2) is 0 Å². The molecule has 0 aliphatic rings. The molecule has 0 heterocycles. The van der Waals surface area contributed by atoms with Gasteiger partial charge in [-0.1, -0.05) is 0 Å². The smallest absolute Gasteiger partial charge is 0.382 e. The van der Waals surface area contributed by atoms with E-state index in [1.807, 2.05) is 6.55 Å². The lowest BCUT2D eigenvalue weighted by molar-refractivity contribution is -0.00797. The van der Waals surface area contributed by atoms with Crippen molar-refractivity contribution in [2.75, 3.05) is 101 Å². The molecule has 0 saturated carbocycles. The Bertz CT molecular complexity index is 244. The molecule has 0 aliphatic carbocycles. The quantitative estimate of drug-likeness (QED) is 0.203. The van der Waals surface area contributed by atoms with E-state index in [9.17, 15) is 0 Å². The summed E-state index contributed by atoms with van der Waals surface area (Å²) in [6, 6.07) is 0. The molecule has 0 saturated heterocycles. The number of ether oxygens (including phenoxy) is 6. The van der Waals surface area contributed by atoms with E-state index in [2.05, 4.69) is 0 Å². The Labute approximate surface area is 158 Å². The van der Waals surface area contributed by atoms with Gasteiger partial charge in [-0.05, 0) is 0 Å². The van der Waals surface area contributed by atoms with Crippen LogP contribution in [-0.2, 0) is 41.7 Å². The SMILES string of the molecule is COCCOCCO[Si](C)(OCCOCCOC)OCCOCCOC. The molecule has 0 fully saturated rings. The van der Waals surface area contributed by atoms with Crippen LogP contribution in [-0.4, -0.2) is 109 Å². The van der Waals surface area contributed by atoms with E-state index in [0.717, 1.165) is 0 Å². The topological polar surface area (TPSA) is 83.1 Å². The molecule has 0 unspecified atom stereocenters. The van der Waals surface area contributed by atoms with Gasteiger partial charge in [0.15, 0.2) is 0 Å². The molecule has 0 radical (unpaired) electrons. The fourth-order valence-corrected chi connectivity index (χ4v) is 3.33. The van der Waals surface area contributed by atoms with Gasteiger partial charge < -0.3 is 41.7 Å². The summed E-state index contributed by atoms with van der Waals surface area (Å²) in [5, 5.41) is 0. The predicted molar refractivity (Wildman–Crippen MR) is 97.6 cm³/mol. The molecule has 0 aromatic carbocycles. The average Bonchev–Trinajstić information content (AvgIpc) is 2.64. The molecule has 0 rings (SSSR count). The maximum atomic E-state index is 5.83. The van der Waals surface area contributed by atoms with E-state index < -0.39 is 8.80 Å². The molecule has 0 aromatic rings. The summed E-state index contributed by atoms with van der Waals surface area (Å²) in [4.78, 5) is 0. The lowest BCUT2D eigenvalue weighted by Crippen LogP contribution is -2.45. The van der Waals surface area contributed by atoms with Crippen molar-refractivity contribution < 1.29 is 41.7 Å². The molecule has 0 atom stereocenters. The van der Waals surface area contributed by atoms with Crippen molar-refractivity contribution in [3.63, 3.8) is 0 Å². The highest BCUT2D eigenvalue weighted by molar-refractivity contribution is 6.59. The van der Waals surface area contributed by atoms with Gasteiger partial charge in [0.25, 0.3) is 0 Å². The molecule has 10 heteroatoms. The largest absolute Gasteiger partial charge is 0.497 e. The van der Waals surface area contributed by atoms with Crippen LogP contribution in [0.2, 0.25) is 6.55 Å². The number of hydrogen-bond acceptors (Lipinski definition) is 9. The number of rotatable bonds is 21. The zero-order valence-corrected chi connectivity index (χ0v) is 17.7. The van der Waals surface area contributed by atoms with Crippen LogP contribution in [0.3, 0.4) is 0 Å². The fourth-order valence-electron chi connectivity index (χ4n) is 1.72. The molecule has 0 aromatic heterocycles. The normalized spacial score (nSPS) is 12.0. The van der Waals surface area contributed by atoms with Gasteiger partial charge >= 0.3 is 8.80 Å². The van der Waals surface area contributed by atoms with Crippen LogP contribution in [0.5, 0.6) is 0 Å². The Kier molecular flexibility index (Phi) is 19.5. The Morgan fingerprint density at radius 1 is 0.423 bits per heavy atom. The highest BCUT2D eigenvalue weighted by atomic mass is 28.4. The summed E-state index contributed by atoms with van der Waals surface area (Å²) in [5.74, 6) is 0. The summed E-state index contributed by atoms with van der Waals surface area (Å²) in [6.45, 7) is 7.63. The maximum Gasteiger partial charge on any atom is 0.497 e. The Balaban J connectivity index is 4.02. The minimum atomic E-state index is -2.79. The van der Waals surface area contributed by atoms with Crippen LogP contribution in [0.1, 0.15) is 0 Å². The van der Waals surface area contributed by atoms with Crippen LogP contribution in [0.4, 0.5) is 0 Å². The van der Waals surface area contributed by atoms with E-state index >= 15 is 0 Å². The van der Waals surface area contributed by atoms with Crippen molar-refractivity contribution in [1.82, 2.24) is 0 Å². The third-order valence-corrected chi connectivity index (χ3v) is 5.26. The summed E-state index contributed by atoms with van der Waals surface area (Å²) < 4.78 is 48.5. The van der Waals surface area contributed by atoms with Gasteiger partial charge in [-0.3, -0.25) is 0 Å². The van der Waals surface area contributed by atoms with Crippen molar-refractivity contribution >= 4 is 8.80 Å². The first-order valence-electron chi connectivity index (χ1n) is 8.80. The molecule has 0 amide bonds. The summed E-state index contributed by atoms with van der Waals surface area (Å²) in [6.07, 6.45) is 0. The van der Waals surface area contributed by atoms with Gasteiger partial charge in [0, 0.05) is 27.9 Å². The van der Waals surface area contributed by atoms with E-state index in [4.69, 9.17) is 41.7 Å². The van der Waals surface area contributed by atoms with E-state index in [0.29, 0.717) is 79.3 Å². The fraction of sp³-hybridized carbons (Fsp3) is 1.00. The van der Waals surface area contributed by atoms with Gasteiger partial charge in [0.1, 0.15) is 0 Å². The van der Waals surface area contributed by atoms with Crippen LogP contribution >= 0.6 is 0 Å². The first-order chi connectivity index (χ1) is 12.7. The second-order valence-electron chi connectivity index (χ2n) is 5.22. The molecule has 158 valence electrons. The van der Waals surface area contributed by atoms with Crippen LogP contribution < -0.4 is 0 Å². The minimum absolute atomic E-state index is 0.390.